The van der Waals surface area contributed by atoms with E-state index in [-0.39, 0.29) is 29.3 Å². The Balaban J connectivity index is 1.38. The lowest BCUT2D eigenvalue weighted by molar-refractivity contribution is -0.123. The molecule has 0 aliphatic carbocycles. The lowest BCUT2D eigenvalue weighted by Crippen LogP contribution is -2.57. The minimum atomic E-state index is -0.832. The number of rotatable bonds is 8. The summed E-state index contributed by atoms with van der Waals surface area (Å²) < 4.78 is 18.7. The van der Waals surface area contributed by atoms with Gasteiger partial charge in [0.05, 0.1) is 19.3 Å². The summed E-state index contributed by atoms with van der Waals surface area (Å²) in [5.41, 5.74) is 3.98. The summed E-state index contributed by atoms with van der Waals surface area (Å²) >= 11 is 1.37. The number of thioether (sulfide) groups is 1. The second-order valence-electron chi connectivity index (χ2n) is 8.69. The van der Waals surface area contributed by atoms with Gasteiger partial charge in [0.2, 0.25) is 5.91 Å². The van der Waals surface area contributed by atoms with E-state index in [1.165, 1.54) is 23.9 Å². The van der Waals surface area contributed by atoms with Gasteiger partial charge in [-0.25, -0.2) is 4.39 Å². The summed E-state index contributed by atoms with van der Waals surface area (Å²) in [4.78, 5) is 19.3. The number of phenolic OH excluding ortho intramolecular Hbond substituents is 1. The Morgan fingerprint density at radius 3 is 2.41 bits per heavy atom. The molecule has 1 amide bonds. The van der Waals surface area contributed by atoms with Crippen molar-refractivity contribution in [1.29, 1.82) is 0 Å². The number of aromatic hydroxyl groups is 1. The SMILES string of the molecule is COc1ccncc1-c1ccc(N2C(=O)[C@H](SC[C@@H](O)c3ccc(F)cc3)[C@H]2c2ccc(O)cc2)cc1. The maximum Gasteiger partial charge on any atom is 0.243 e. The summed E-state index contributed by atoms with van der Waals surface area (Å²) in [6, 6.07) is 21.7. The van der Waals surface area contributed by atoms with E-state index in [0.29, 0.717) is 11.3 Å². The molecular weight excluding hydrogens is 491 g/mol. The fourth-order valence-corrected chi connectivity index (χ4v) is 5.76. The van der Waals surface area contributed by atoms with Gasteiger partial charge < -0.3 is 19.8 Å². The number of anilines is 1. The zero-order valence-corrected chi connectivity index (χ0v) is 20.8. The highest BCUT2D eigenvalue weighted by molar-refractivity contribution is 8.00. The first-order chi connectivity index (χ1) is 18.0. The quantitative estimate of drug-likeness (QED) is 0.300. The van der Waals surface area contributed by atoms with Crippen LogP contribution in [0.25, 0.3) is 11.1 Å². The number of nitrogens with zero attached hydrogens (tertiary/aromatic N) is 2. The normalized spacial score (nSPS) is 17.8. The Hall–Kier alpha value is -3.88. The zero-order chi connectivity index (χ0) is 25.9. The highest BCUT2D eigenvalue weighted by Gasteiger charge is 2.49. The standard InChI is InChI=1S/C29H25FN2O4S/c1-36-26-14-15-31-16-24(26)18-4-10-22(11-5-18)32-27(20-6-12-23(33)13-7-20)28(29(32)35)37-17-25(34)19-2-8-21(30)9-3-19/h2-16,25,27-28,33-34H,17H2,1H3/t25-,27-,28-/m1/s1. The number of aromatic nitrogens is 1. The number of phenols is 1. The van der Waals surface area contributed by atoms with Crippen molar-refractivity contribution in [3.05, 3.63) is 108 Å². The van der Waals surface area contributed by atoms with Crippen LogP contribution in [0.5, 0.6) is 11.5 Å². The van der Waals surface area contributed by atoms with Gasteiger partial charge >= 0.3 is 0 Å². The Kier molecular flexibility index (Phi) is 7.12. The van der Waals surface area contributed by atoms with Crippen LogP contribution in [-0.4, -0.2) is 39.2 Å². The van der Waals surface area contributed by atoms with Crippen LogP contribution in [0.3, 0.4) is 0 Å². The van der Waals surface area contributed by atoms with E-state index in [9.17, 15) is 19.4 Å². The number of aliphatic hydroxyl groups is 1. The minimum Gasteiger partial charge on any atom is -0.508 e. The predicted molar refractivity (Wildman–Crippen MR) is 142 cm³/mol. The van der Waals surface area contributed by atoms with Crippen LogP contribution in [0.2, 0.25) is 0 Å². The van der Waals surface area contributed by atoms with E-state index in [1.807, 2.05) is 24.3 Å². The highest BCUT2D eigenvalue weighted by Crippen LogP contribution is 2.46. The number of carbonyl (C=O) groups is 1. The first kappa shape index (κ1) is 24.8. The lowest BCUT2D eigenvalue weighted by atomic mass is 9.92. The number of methoxy groups -OCH3 is 1. The fraction of sp³-hybridized carbons (Fsp3) is 0.172. The van der Waals surface area contributed by atoms with E-state index >= 15 is 0 Å². The van der Waals surface area contributed by atoms with Crippen LogP contribution in [0, 0.1) is 5.82 Å². The third-order valence-electron chi connectivity index (χ3n) is 6.43. The molecule has 5 rings (SSSR count). The molecule has 0 bridgehead atoms. The van der Waals surface area contributed by atoms with Crippen LogP contribution < -0.4 is 9.64 Å². The number of aliphatic hydroxyl groups excluding tert-OH is 1. The zero-order valence-electron chi connectivity index (χ0n) is 20.0. The minimum absolute atomic E-state index is 0.0684. The van der Waals surface area contributed by atoms with Gasteiger partial charge in [0, 0.05) is 29.4 Å². The molecule has 1 aliphatic rings. The molecule has 2 heterocycles. The van der Waals surface area contributed by atoms with Gasteiger partial charge in [-0.05, 0) is 59.2 Å². The third-order valence-corrected chi connectivity index (χ3v) is 7.75. The number of carbonyl (C=O) groups excluding carboxylic acids is 1. The number of hydrogen-bond acceptors (Lipinski definition) is 6. The number of hydrogen-bond donors (Lipinski definition) is 2. The van der Waals surface area contributed by atoms with Crippen LogP contribution in [0.15, 0.2) is 91.3 Å². The molecule has 3 aromatic carbocycles. The molecule has 2 N–H and O–H groups in total. The van der Waals surface area contributed by atoms with Gasteiger partial charge in [0.25, 0.3) is 0 Å². The molecule has 4 aromatic rings. The van der Waals surface area contributed by atoms with E-state index < -0.39 is 11.4 Å². The van der Waals surface area contributed by atoms with Crippen LogP contribution >= 0.6 is 11.8 Å². The van der Waals surface area contributed by atoms with E-state index in [2.05, 4.69) is 4.98 Å². The highest BCUT2D eigenvalue weighted by atomic mass is 32.2. The molecule has 8 heteroatoms. The first-order valence-electron chi connectivity index (χ1n) is 11.7. The molecule has 6 nitrogen and oxygen atoms in total. The number of benzene rings is 3. The molecule has 3 atom stereocenters. The predicted octanol–water partition coefficient (Wildman–Crippen LogP) is 5.53. The van der Waals surface area contributed by atoms with Gasteiger partial charge in [0.15, 0.2) is 0 Å². The number of pyridine rings is 1. The van der Waals surface area contributed by atoms with Crippen molar-refractivity contribution in [2.45, 2.75) is 17.4 Å². The van der Waals surface area contributed by atoms with Crippen molar-refractivity contribution in [1.82, 2.24) is 4.98 Å². The van der Waals surface area contributed by atoms with Crippen molar-refractivity contribution in [3.8, 4) is 22.6 Å². The van der Waals surface area contributed by atoms with Gasteiger partial charge in [0.1, 0.15) is 22.6 Å². The number of ether oxygens (including phenoxy) is 1. The van der Waals surface area contributed by atoms with Crippen molar-refractivity contribution >= 4 is 23.4 Å². The Morgan fingerprint density at radius 2 is 1.73 bits per heavy atom. The molecule has 0 spiro atoms. The van der Waals surface area contributed by atoms with Crippen molar-refractivity contribution in [2.75, 3.05) is 17.8 Å². The second-order valence-corrected chi connectivity index (χ2v) is 9.86. The average molecular weight is 517 g/mol. The summed E-state index contributed by atoms with van der Waals surface area (Å²) in [6.07, 6.45) is 2.57. The molecule has 1 aromatic heterocycles. The smallest absolute Gasteiger partial charge is 0.243 e. The summed E-state index contributed by atoms with van der Waals surface area (Å²) in [5, 5.41) is 20.0. The van der Waals surface area contributed by atoms with Gasteiger partial charge in [-0.3, -0.25) is 9.78 Å². The third kappa shape index (κ3) is 5.03. The topological polar surface area (TPSA) is 82.9 Å². The lowest BCUT2D eigenvalue weighted by Gasteiger charge is -2.47. The molecule has 1 aliphatic heterocycles. The molecule has 0 unspecified atom stereocenters. The van der Waals surface area contributed by atoms with Gasteiger partial charge in [-0.15, -0.1) is 11.8 Å². The molecule has 188 valence electrons. The first-order valence-corrected chi connectivity index (χ1v) is 12.8. The summed E-state index contributed by atoms with van der Waals surface area (Å²) in [7, 11) is 1.61. The molecule has 0 radical (unpaired) electrons. The maximum absolute atomic E-state index is 13.4. The monoisotopic (exact) mass is 516 g/mol. The number of halogens is 1. The largest absolute Gasteiger partial charge is 0.508 e. The molecule has 1 fully saturated rings. The molecule has 1 saturated heterocycles. The van der Waals surface area contributed by atoms with E-state index in [0.717, 1.165) is 22.4 Å². The number of amides is 1. The summed E-state index contributed by atoms with van der Waals surface area (Å²) in [6.45, 7) is 0. The van der Waals surface area contributed by atoms with Gasteiger partial charge in [-0.1, -0.05) is 36.4 Å². The molecule has 37 heavy (non-hydrogen) atoms. The number of β-lactam (4-membered cyclic amide) rings is 1. The van der Waals surface area contributed by atoms with Crippen molar-refractivity contribution < 1.29 is 24.1 Å². The van der Waals surface area contributed by atoms with Crippen molar-refractivity contribution in [3.63, 3.8) is 0 Å². The van der Waals surface area contributed by atoms with Crippen LogP contribution in [0.1, 0.15) is 23.3 Å². The Morgan fingerprint density at radius 1 is 1.03 bits per heavy atom. The Labute approximate surface area is 218 Å². The van der Waals surface area contributed by atoms with Crippen LogP contribution in [0.4, 0.5) is 10.1 Å². The van der Waals surface area contributed by atoms with E-state index in [1.54, 1.807) is 66.9 Å². The fourth-order valence-electron chi connectivity index (χ4n) is 4.46. The van der Waals surface area contributed by atoms with E-state index in [4.69, 9.17) is 4.74 Å². The van der Waals surface area contributed by atoms with Crippen LogP contribution in [-0.2, 0) is 4.79 Å². The molecular formula is C29H25FN2O4S. The molecule has 0 saturated carbocycles. The summed E-state index contributed by atoms with van der Waals surface area (Å²) in [5.74, 6) is 0.701. The maximum atomic E-state index is 13.4. The second kappa shape index (κ2) is 10.6. The average Bonchev–Trinajstić information content (AvgIpc) is 2.93. The van der Waals surface area contributed by atoms with Crippen molar-refractivity contribution in [2.24, 2.45) is 0 Å². The Bertz CT molecular complexity index is 1380. The van der Waals surface area contributed by atoms with Gasteiger partial charge in [-0.2, -0.15) is 0 Å².